The summed E-state index contributed by atoms with van der Waals surface area (Å²) in [6, 6.07) is 0. The van der Waals surface area contributed by atoms with Gasteiger partial charge in [0.15, 0.2) is 11.1 Å². The first-order valence-corrected chi connectivity index (χ1v) is 7.02. The Morgan fingerprint density at radius 3 is 2.71 bits per heavy atom. The predicted octanol–water partition coefficient (Wildman–Crippen LogP) is -0.212. The Balaban J connectivity index is 2.90. The van der Waals surface area contributed by atoms with Crippen LogP contribution >= 0.6 is 0 Å². The lowest BCUT2D eigenvalue weighted by atomic mass is 10.4. The maximum atomic E-state index is 12.1. The standard InChI is InChI=1S/C9H12F3N3O5S/c1-2-20-8(17)5-3-13-15-7(5)21(18,19)14-4-6(16)9(10,11)12/h3,6,14,16H,2,4H2,1H3,(H,13,15). The molecule has 0 saturated carbocycles. The quantitative estimate of drug-likeness (QED) is 0.620. The molecule has 0 aliphatic rings. The number of halogens is 3. The van der Waals surface area contributed by atoms with Gasteiger partial charge in [-0.3, -0.25) is 5.10 Å². The fourth-order valence-electron chi connectivity index (χ4n) is 1.21. The van der Waals surface area contributed by atoms with Gasteiger partial charge in [0.2, 0.25) is 0 Å². The second kappa shape index (κ2) is 6.41. The third kappa shape index (κ3) is 4.41. The summed E-state index contributed by atoms with van der Waals surface area (Å²) < 4.78 is 66.0. The molecule has 120 valence electrons. The third-order valence-corrected chi connectivity index (χ3v) is 3.61. The molecule has 1 heterocycles. The summed E-state index contributed by atoms with van der Waals surface area (Å²) >= 11 is 0. The molecule has 0 spiro atoms. The van der Waals surface area contributed by atoms with Gasteiger partial charge in [-0.2, -0.15) is 18.3 Å². The summed E-state index contributed by atoms with van der Waals surface area (Å²) in [6.07, 6.45) is -6.98. The fraction of sp³-hybridized carbons (Fsp3) is 0.556. The molecule has 1 aromatic heterocycles. The zero-order chi connectivity index (χ0) is 16.3. The highest BCUT2D eigenvalue weighted by molar-refractivity contribution is 7.89. The van der Waals surface area contributed by atoms with Crippen LogP contribution < -0.4 is 4.72 Å². The SMILES string of the molecule is CCOC(=O)c1cn[nH]c1S(=O)(=O)NCC(O)C(F)(F)F. The van der Waals surface area contributed by atoms with E-state index in [1.54, 1.807) is 0 Å². The number of hydrogen-bond acceptors (Lipinski definition) is 6. The molecular formula is C9H12F3N3O5S. The van der Waals surface area contributed by atoms with Crippen LogP contribution in [0, 0.1) is 0 Å². The Morgan fingerprint density at radius 1 is 1.57 bits per heavy atom. The van der Waals surface area contributed by atoms with Crippen molar-refractivity contribution in [2.75, 3.05) is 13.2 Å². The zero-order valence-corrected chi connectivity index (χ0v) is 11.5. The van der Waals surface area contributed by atoms with Crippen LogP contribution in [0.3, 0.4) is 0 Å². The lowest BCUT2D eigenvalue weighted by molar-refractivity contribution is -0.200. The van der Waals surface area contributed by atoms with Crippen molar-refractivity contribution >= 4 is 16.0 Å². The van der Waals surface area contributed by atoms with Gasteiger partial charge in [0.1, 0.15) is 5.56 Å². The van der Waals surface area contributed by atoms with E-state index in [4.69, 9.17) is 5.11 Å². The summed E-state index contributed by atoms with van der Waals surface area (Å²) in [5, 5.41) is 13.3. The summed E-state index contributed by atoms with van der Waals surface area (Å²) in [7, 11) is -4.50. The number of esters is 1. The predicted molar refractivity (Wildman–Crippen MR) is 61.8 cm³/mol. The van der Waals surface area contributed by atoms with Gasteiger partial charge in [-0.15, -0.1) is 0 Å². The molecule has 12 heteroatoms. The monoisotopic (exact) mass is 331 g/mol. The highest BCUT2D eigenvalue weighted by Gasteiger charge is 2.39. The number of carbonyl (C=O) groups is 1. The molecule has 0 radical (unpaired) electrons. The van der Waals surface area contributed by atoms with Gasteiger partial charge in [-0.05, 0) is 6.92 Å². The molecule has 1 unspecified atom stereocenters. The van der Waals surface area contributed by atoms with Crippen molar-refractivity contribution in [2.24, 2.45) is 0 Å². The van der Waals surface area contributed by atoms with Crippen molar-refractivity contribution < 1.29 is 36.2 Å². The van der Waals surface area contributed by atoms with Gasteiger partial charge in [0.25, 0.3) is 10.0 Å². The number of aliphatic hydroxyl groups is 1. The van der Waals surface area contributed by atoms with E-state index in [2.05, 4.69) is 9.84 Å². The van der Waals surface area contributed by atoms with E-state index < -0.39 is 45.4 Å². The molecule has 1 atom stereocenters. The Labute approximate surface area is 117 Å². The Hall–Kier alpha value is -1.66. The molecule has 0 aliphatic carbocycles. The van der Waals surface area contributed by atoms with Crippen molar-refractivity contribution in [3.05, 3.63) is 11.8 Å². The zero-order valence-electron chi connectivity index (χ0n) is 10.6. The first kappa shape index (κ1) is 17.4. The number of sulfonamides is 1. The van der Waals surface area contributed by atoms with Crippen LogP contribution in [0.15, 0.2) is 11.2 Å². The van der Waals surface area contributed by atoms with Crippen molar-refractivity contribution in [2.45, 2.75) is 24.2 Å². The first-order valence-electron chi connectivity index (χ1n) is 5.54. The van der Waals surface area contributed by atoms with Crippen LogP contribution in [0.2, 0.25) is 0 Å². The second-order valence-electron chi connectivity index (χ2n) is 3.74. The molecule has 0 fully saturated rings. The van der Waals surface area contributed by atoms with Crippen molar-refractivity contribution in [3.8, 4) is 0 Å². The smallest absolute Gasteiger partial charge is 0.415 e. The number of aromatic nitrogens is 2. The summed E-state index contributed by atoms with van der Waals surface area (Å²) in [5.41, 5.74) is -0.453. The van der Waals surface area contributed by atoms with E-state index in [-0.39, 0.29) is 6.61 Å². The Morgan fingerprint density at radius 2 is 2.19 bits per heavy atom. The molecule has 21 heavy (non-hydrogen) atoms. The Kier molecular flexibility index (Phi) is 5.31. The van der Waals surface area contributed by atoms with Gasteiger partial charge in [-0.25, -0.2) is 17.9 Å². The minimum absolute atomic E-state index is 0.0241. The molecule has 1 rings (SSSR count). The number of H-pyrrole nitrogens is 1. The van der Waals surface area contributed by atoms with Crippen LogP contribution in [0.25, 0.3) is 0 Å². The van der Waals surface area contributed by atoms with Crippen LogP contribution in [0.1, 0.15) is 17.3 Å². The fourth-order valence-corrected chi connectivity index (χ4v) is 2.33. The van der Waals surface area contributed by atoms with Crippen LogP contribution in [0.5, 0.6) is 0 Å². The van der Waals surface area contributed by atoms with E-state index in [0.717, 1.165) is 6.20 Å². The molecule has 8 nitrogen and oxygen atoms in total. The lowest BCUT2D eigenvalue weighted by Crippen LogP contribution is -2.41. The number of aromatic amines is 1. The number of aliphatic hydroxyl groups excluding tert-OH is 1. The van der Waals surface area contributed by atoms with E-state index >= 15 is 0 Å². The van der Waals surface area contributed by atoms with Gasteiger partial charge in [0, 0.05) is 6.54 Å². The number of nitrogens with zero attached hydrogens (tertiary/aromatic N) is 1. The first-order chi connectivity index (χ1) is 9.59. The van der Waals surface area contributed by atoms with E-state index in [1.165, 1.54) is 11.6 Å². The third-order valence-electron chi connectivity index (χ3n) is 2.21. The normalized spacial score (nSPS) is 14.0. The number of ether oxygens (including phenoxy) is 1. The number of hydrogen-bond donors (Lipinski definition) is 3. The van der Waals surface area contributed by atoms with Crippen LogP contribution in [-0.2, 0) is 14.8 Å². The minimum atomic E-state index is -4.97. The van der Waals surface area contributed by atoms with Crippen molar-refractivity contribution in [1.82, 2.24) is 14.9 Å². The summed E-state index contributed by atoms with van der Waals surface area (Å²) in [5.74, 6) is -0.997. The number of alkyl halides is 3. The largest absolute Gasteiger partial charge is 0.462 e. The van der Waals surface area contributed by atoms with E-state index in [9.17, 15) is 26.4 Å². The van der Waals surface area contributed by atoms with Gasteiger partial charge < -0.3 is 9.84 Å². The second-order valence-corrected chi connectivity index (χ2v) is 5.45. The lowest BCUT2D eigenvalue weighted by Gasteiger charge is -2.14. The van der Waals surface area contributed by atoms with E-state index in [1.807, 2.05) is 5.10 Å². The molecule has 0 aliphatic heterocycles. The minimum Gasteiger partial charge on any atom is -0.462 e. The average molecular weight is 331 g/mol. The topological polar surface area (TPSA) is 121 Å². The van der Waals surface area contributed by atoms with E-state index in [0.29, 0.717) is 0 Å². The molecule has 0 saturated heterocycles. The maximum Gasteiger partial charge on any atom is 0.415 e. The maximum absolute atomic E-state index is 12.1. The molecule has 0 bridgehead atoms. The average Bonchev–Trinajstić information content (AvgIpc) is 2.85. The van der Waals surface area contributed by atoms with Gasteiger partial charge in [-0.1, -0.05) is 0 Å². The van der Waals surface area contributed by atoms with Gasteiger partial charge in [0.05, 0.1) is 12.8 Å². The summed E-state index contributed by atoms with van der Waals surface area (Å²) in [6.45, 7) is 0.168. The number of nitrogens with one attached hydrogen (secondary N) is 2. The van der Waals surface area contributed by atoms with Crippen LogP contribution in [0.4, 0.5) is 13.2 Å². The van der Waals surface area contributed by atoms with Gasteiger partial charge >= 0.3 is 12.1 Å². The molecular weight excluding hydrogens is 319 g/mol. The summed E-state index contributed by atoms with van der Waals surface area (Å²) in [4.78, 5) is 11.5. The molecule has 3 N–H and O–H groups in total. The Bertz CT molecular complexity index is 598. The molecule has 1 aromatic rings. The highest BCUT2D eigenvalue weighted by atomic mass is 32.2. The van der Waals surface area contributed by atoms with Crippen molar-refractivity contribution in [1.29, 1.82) is 0 Å². The van der Waals surface area contributed by atoms with Crippen molar-refractivity contribution in [3.63, 3.8) is 0 Å². The number of rotatable bonds is 6. The molecule has 0 aromatic carbocycles. The molecule has 0 amide bonds. The highest BCUT2D eigenvalue weighted by Crippen LogP contribution is 2.20. The number of carbonyl (C=O) groups excluding carboxylic acids is 1. The van der Waals surface area contributed by atoms with Crippen LogP contribution in [-0.4, -0.2) is 55.1 Å².